The van der Waals surface area contributed by atoms with Gasteiger partial charge in [-0.1, -0.05) is 13.2 Å². The quantitative estimate of drug-likeness (QED) is 0.311. The van der Waals surface area contributed by atoms with Crippen LogP contribution in [0.2, 0.25) is 0 Å². The summed E-state index contributed by atoms with van der Waals surface area (Å²) in [6.45, 7) is 15.5. The molecule has 4 atom stereocenters. The molecule has 2 heterocycles. The molecule has 0 unspecified atom stereocenters. The van der Waals surface area contributed by atoms with Crippen molar-refractivity contribution in [3.8, 4) is 0 Å². The summed E-state index contributed by atoms with van der Waals surface area (Å²) in [4.78, 5) is 22.8. The number of hydrogen-bond acceptors (Lipinski definition) is 8. The van der Waals surface area contributed by atoms with Crippen LogP contribution < -0.4 is 0 Å². The average Bonchev–Trinajstić information content (AvgIpc) is 3.03. The monoisotopic (exact) mass is 398 g/mol. The Hall–Kier alpha value is -1.74. The molecule has 2 fully saturated rings. The van der Waals surface area contributed by atoms with E-state index < -0.39 is 23.1 Å². The first kappa shape index (κ1) is 22.5. The largest absolute Gasteiger partial charge is 0.460 e. The van der Waals surface area contributed by atoms with Crippen molar-refractivity contribution >= 4 is 11.9 Å². The predicted molar refractivity (Wildman–Crippen MR) is 99.7 cm³/mol. The van der Waals surface area contributed by atoms with Crippen molar-refractivity contribution in [2.24, 2.45) is 0 Å². The lowest BCUT2D eigenvalue weighted by atomic mass is 9.82. The Morgan fingerprint density at radius 3 is 1.50 bits per heavy atom. The number of rotatable bonds is 10. The first-order valence-corrected chi connectivity index (χ1v) is 9.28. The Balaban J connectivity index is 1.81. The maximum atomic E-state index is 11.4. The van der Waals surface area contributed by atoms with Crippen LogP contribution in [-0.4, -0.2) is 75.0 Å². The second-order valence-electron chi connectivity index (χ2n) is 7.39. The Morgan fingerprint density at radius 1 is 0.821 bits per heavy atom. The number of fused-ring (bicyclic) bond motifs is 1. The molecular weight excluding hydrogens is 368 g/mol. The SMILES string of the molecule is C=C(C)C(=O)OCCO[C@H]1CO[C@]2(C)[C@H](OCCOC(=O)C(=C)C)CO[C@]12C. The third kappa shape index (κ3) is 4.63. The molecule has 8 nitrogen and oxygen atoms in total. The summed E-state index contributed by atoms with van der Waals surface area (Å²) in [6.07, 6.45) is -0.647. The normalized spacial score (nSPS) is 31.3. The van der Waals surface area contributed by atoms with Gasteiger partial charge >= 0.3 is 11.9 Å². The van der Waals surface area contributed by atoms with Gasteiger partial charge in [-0.15, -0.1) is 0 Å². The summed E-state index contributed by atoms with van der Waals surface area (Å²) in [7, 11) is 0. The Bertz CT molecular complexity index is 576. The molecule has 2 aliphatic heterocycles. The molecule has 0 aliphatic carbocycles. The van der Waals surface area contributed by atoms with Crippen molar-refractivity contribution in [1.82, 2.24) is 0 Å². The number of esters is 2. The first-order valence-electron chi connectivity index (χ1n) is 9.28. The van der Waals surface area contributed by atoms with E-state index in [0.717, 1.165) is 0 Å². The summed E-state index contributed by atoms with van der Waals surface area (Å²) in [5.41, 5.74) is -0.719. The molecule has 0 saturated carbocycles. The van der Waals surface area contributed by atoms with Gasteiger partial charge in [0.2, 0.25) is 0 Å². The maximum Gasteiger partial charge on any atom is 0.333 e. The highest BCUT2D eigenvalue weighted by molar-refractivity contribution is 5.87. The lowest BCUT2D eigenvalue weighted by molar-refractivity contribution is -0.147. The van der Waals surface area contributed by atoms with E-state index in [2.05, 4.69) is 13.2 Å². The molecule has 2 saturated heterocycles. The van der Waals surface area contributed by atoms with Gasteiger partial charge in [-0.2, -0.15) is 0 Å². The highest BCUT2D eigenvalue weighted by Crippen LogP contribution is 2.48. The average molecular weight is 398 g/mol. The van der Waals surface area contributed by atoms with Crippen LogP contribution in [0, 0.1) is 0 Å². The van der Waals surface area contributed by atoms with Crippen LogP contribution in [0.3, 0.4) is 0 Å². The zero-order valence-corrected chi connectivity index (χ0v) is 17.1. The van der Waals surface area contributed by atoms with Crippen molar-refractivity contribution in [2.75, 3.05) is 39.6 Å². The second-order valence-corrected chi connectivity index (χ2v) is 7.39. The Kier molecular flexibility index (Phi) is 7.39. The molecular formula is C20H30O8. The number of carbonyl (C=O) groups excluding carboxylic acids is 2. The van der Waals surface area contributed by atoms with Crippen molar-refractivity contribution < 1.29 is 38.0 Å². The van der Waals surface area contributed by atoms with Gasteiger partial charge in [0, 0.05) is 11.1 Å². The predicted octanol–water partition coefficient (Wildman–Crippen LogP) is 1.57. The van der Waals surface area contributed by atoms with E-state index in [9.17, 15) is 9.59 Å². The van der Waals surface area contributed by atoms with Crippen LogP contribution in [0.5, 0.6) is 0 Å². The molecule has 0 aromatic rings. The molecule has 2 aliphatic rings. The van der Waals surface area contributed by atoms with Gasteiger partial charge in [0.1, 0.15) is 36.6 Å². The van der Waals surface area contributed by atoms with E-state index in [1.165, 1.54) is 0 Å². The summed E-state index contributed by atoms with van der Waals surface area (Å²) < 4.78 is 33.8. The smallest absolute Gasteiger partial charge is 0.333 e. The molecule has 0 N–H and O–H groups in total. The lowest BCUT2D eigenvalue weighted by Gasteiger charge is -2.36. The standard InChI is InChI=1S/C20H30O8/c1-13(2)17(21)25-9-7-23-15-11-27-20(6)16(12-28-19(15,20)5)24-8-10-26-18(22)14(3)4/h15-16H,1,3,7-12H2,2,4-6H3/t15-,16+,19-,20-/m1/s1. The molecule has 0 radical (unpaired) electrons. The van der Waals surface area contributed by atoms with Gasteiger partial charge in [-0.25, -0.2) is 9.59 Å². The van der Waals surface area contributed by atoms with Crippen LogP contribution in [0.15, 0.2) is 24.3 Å². The molecule has 0 aromatic carbocycles. The molecule has 0 amide bonds. The van der Waals surface area contributed by atoms with Gasteiger partial charge in [0.05, 0.1) is 26.4 Å². The third-order valence-corrected chi connectivity index (χ3v) is 5.25. The van der Waals surface area contributed by atoms with Crippen molar-refractivity contribution in [1.29, 1.82) is 0 Å². The van der Waals surface area contributed by atoms with Crippen LogP contribution in [0.4, 0.5) is 0 Å². The van der Waals surface area contributed by atoms with E-state index in [-0.39, 0.29) is 38.6 Å². The van der Waals surface area contributed by atoms with Crippen LogP contribution in [-0.2, 0) is 38.0 Å². The minimum Gasteiger partial charge on any atom is -0.460 e. The fourth-order valence-electron chi connectivity index (χ4n) is 3.24. The highest BCUT2D eigenvalue weighted by atomic mass is 16.7. The molecule has 2 rings (SSSR count). The minimum atomic E-state index is -0.704. The minimum absolute atomic E-state index is 0.128. The molecule has 8 heteroatoms. The van der Waals surface area contributed by atoms with Gasteiger partial charge in [-0.05, 0) is 27.7 Å². The Labute approximate surface area is 165 Å². The molecule has 28 heavy (non-hydrogen) atoms. The number of hydrogen-bond donors (Lipinski definition) is 0. The summed E-state index contributed by atoms with van der Waals surface area (Å²) in [5, 5.41) is 0. The topological polar surface area (TPSA) is 89.5 Å². The third-order valence-electron chi connectivity index (χ3n) is 5.25. The van der Waals surface area contributed by atoms with Crippen LogP contribution >= 0.6 is 0 Å². The fraction of sp³-hybridized carbons (Fsp3) is 0.700. The van der Waals surface area contributed by atoms with Crippen molar-refractivity contribution in [2.45, 2.75) is 51.1 Å². The highest BCUT2D eigenvalue weighted by Gasteiger charge is 2.66. The van der Waals surface area contributed by atoms with Crippen LogP contribution in [0.1, 0.15) is 27.7 Å². The summed E-state index contributed by atoms with van der Waals surface area (Å²) >= 11 is 0. The Morgan fingerprint density at radius 2 is 1.18 bits per heavy atom. The molecule has 0 bridgehead atoms. The van der Waals surface area contributed by atoms with Gasteiger partial charge in [-0.3, -0.25) is 0 Å². The molecule has 0 aromatic heterocycles. The summed E-state index contributed by atoms with van der Waals surface area (Å²) in [6, 6.07) is 0. The number of carbonyl (C=O) groups is 2. The van der Waals surface area contributed by atoms with Gasteiger partial charge in [0.25, 0.3) is 0 Å². The van der Waals surface area contributed by atoms with E-state index >= 15 is 0 Å². The van der Waals surface area contributed by atoms with Crippen LogP contribution in [0.25, 0.3) is 0 Å². The molecule has 158 valence electrons. The van der Waals surface area contributed by atoms with Crippen molar-refractivity contribution in [3.05, 3.63) is 24.3 Å². The van der Waals surface area contributed by atoms with Gasteiger partial charge in [0.15, 0.2) is 0 Å². The first-order chi connectivity index (χ1) is 13.1. The van der Waals surface area contributed by atoms with Gasteiger partial charge < -0.3 is 28.4 Å². The van der Waals surface area contributed by atoms with E-state index in [4.69, 9.17) is 28.4 Å². The van der Waals surface area contributed by atoms with E-state index in [1.54, 1.807) is 13.8 Å². The zero-order valence-electron chi connectivity index (χ0n) is 17.1. The van der Waals surface area contributed by atoms with E-state index in [0.29, 0.717) is 24.4 Å². The van der Waals surface area contributed by atoms with E-state index in [1.807, 2.05) is 13.8 Å². The van der Waals surface area contributed by atoms with Crippen molar-refractivity contribution in [3.63, 3.8) is 0 Å². The summed E-state index contributed by atoms with van der Waals surface area (Å²) in [5.74, 6) is -0.888. The second kappa shape index (κ2) is 9.17. The zero-order chi connectivity index (χ0) is 20.9. The fourth-order valence-corrected chi connectivity index (χ4v) is 3.24. The molecule has 0 spiro atoms. The lowest BCUT2D eigenvalue weighted by Crippen LogP contribution is -2.54. The number of ether oxygens (including phenoxy) is 6. The maximum absolute atomic E-state index is 11.4.